The van der Waals surface area contributed by atoms with Crippen LogP contribution in [0.3, 0.4) is 0 Å². The van der Waals surface area contributed by atoms with E-state index in [-0.39, 0.29) is 21.4 Å². The fourth-order valence-corrected chi connectivity index (χ4v) is 3.81. The van der Waals surface area contributed by atoms with Crippen LogP contribution in [0.5, 0.6) is 0 Å². The Hall–Kier alpha value is -2.26. The van der Waals surface area contributed by atoms with Gasteiger partial charge in [-0.05, 0) is 50.2 Å². The van der Waals surface area contributed by atoms with E-state index in [1.54, 1.807) is 13.8 Å². The number of hydrogen-bond acceptors (Lipinski definition) is 3. The summed E-state index contributed by atoms with van der Waals surface area (Å²) in [5.41, 5.74) is -1.29. The van der Waals surface area contributed by atoms with Crippen molar-refractivity contribution in [1.29, 1.82) is 0 Å². The number of rotatable bonds is 6. The minimum atomic E-state index is -4.65. The summed E-state index contributed by atoms with van der Waals surface area (Å²) in [6.45, 7) is 4.48. The van der Waals surface area contributed by atoms with Crippen molar-refractivity contribution in [3.05, 3.63) is 58.6 Å². The Morgan fingerprint density at radius 3 is 2.32 bits per heavy atom. The van der Waals surface area contributed by atoms with Gasteiger partial charge in [-0.2, -0.15) is 13.2 Å². The van der Waals surface area contributed by atoms with Crippen molar-refractivity contribution in [2.24, 2.45) is 0 Å². The molecule has 5 nitrogen and oxygen atoms in total. The maximum Gasteiger partial charge on any atom is 0.416 e. The maximum atomic E-state index is 12.9. The Labute approximate surface area is 166 Å². The van der Waals surface area contributed by atoms with E-state index < -0.39 is 27.5 Å². The van der Waals surface area contributed by atoms with Gasteiger partial charge in [0.25, 0.3) is 15.9 Å². The van der Waals surface area contributed by atoms with Gasteiger partial charge in [0, 0.05) is 18.7 Å². The molecule has 0 atom stereocenters. The van der Waals surface area contributed by atoms with Gasteiger partial charge < -0.3 is 4.90 Å². The van der Waals surface area contributed by atoms with Crippen LogP contribution < -0.4 is 4.72 Å². The standard InChI is InChI=1S/C18H18ClF3N2O3S/c1-3-24(4-2)17(25)12-6-5-7-14(10-12)28(26,27)23-16-11-13(18(20,21)22)8-9-15(16)19/h5-11,23H,3-4H2,1-2H3. The summed E-state index contributed by atoms with van der Waals surface area (Å²) in [5.74, 6) is -0.348. The van der Waals surface area contributed by atoms with E-state index in [0.717, 1.165) is 12.1 Å². The van der Waals surface area contributed by atoms with Crippen molar-refractivity contribution >= 4 is 33.2 Å². The van der Waals surface area contributed by atoms with Crippen LogP contribution in [0, 0.1) is 0 Å². The molecule has 2 aromatic carbocycles. The van der Waals surface area contributed by atoms with E-state index in [2.05, 4.69) is 4.72 Å². The monoisotopic (exact) mass is 434 g/mol. The average Bonchev–Trinajstić information content (AvgIpc) is 2.63. The van der Waals surface area contributed by atoms with Gasteiger partial charge in [-0.15, -0.1) is 0 Å². The van der Waals surface area contributed by atoms with Crippen molar-refractivity contribution in [2.75, 3.05) is 17.8 Å². The second-order valence-electron chi connectivity index (χ2n) is 5.80. The molecule has 152 valence electrons. The van der Waals surface area contributed by atoms with Crippen molar-refractivity contribution in [3.63, 3.8) is 0 Å². The lowest BCUT2D eigenvalue weighted by Crippen LogP contribution is -2.30. The molecule has 0 aliphatic heterocycles. The topological polar surface area (TPSA) is 66.5 Å². The molecule has 0 aliphatic rings. The van der Waals surface area contributed by atoms with Crippen LogP contribution in [0.1, 0.15) is 29.8 Å². The number of anilines is 1. The molecular formula is C18H18ClF3N2O3S. The summed E-state index contributed by atoms with van der Waals surface area (Å²) in [4.78, 5) is 13.7. The number of amides is 1. The molecule has 0 heterocycles. The molecule has 0 fully saturated rings. The van der Waals surface area contributed by atoms with Crippen LogP contribution in [0.2, 0.25) is 5.02 Å². The molecule has 0 bridgehead atoms. The van der Waals surface area contributed by atoms with Crippen molar-refractivity contribution < 1.29 is 26.4 Å². The average molecular weight is 435 g/mol. The van der Waals surface area contributed by atoms with Gasteiger partial charge >= 0.3 is 6.18 Å². The molecule has 1 amide bonds. The van der Waals surface area contributed by atoms with Crippen LogP contribution in [0.25, 0.3) is 0 Å². The normalized spacial score (nSPS) is 11.9. The number of nitrogens with zero attached hydrogens (tertiary/aromatic N) is 1. The lowest BCUT2D eigenvalue weighted by atomic mass is 10.2. The number of nitrogens with one attached hydrogen (secondary N) is 1. The summed E-state index contributed by atoms with van der Waals surface area (Å²) < 4.78 is 65.9. The third-order valence-electron chi connectivity index (χ3n) is 3.98. The zero-order valence-electron chi connectivity index (χ0n) is 15.0. The maximum absolute atomic E-state index is 12.9. The summed E-state index contributed by atoms with van der Waals surface area (Å²) >= 11 is 5.85. The highest BCUT2D eigenvalue weighted by Crippen LogP contribution is 2.34. The Balaban J connectivity index is 2.39. The van der Waals surface area contributed by atoms with Gasteiger partial charge in [0.05, 0.1) is 21.2 Å². The van der Waals surface area contributed by atoms with Crippen molar-refractivity contribution in [3.8, 4) is 0 Å². The number of benzene rings is 2. The van der Waals surface area contributed by atoms with Crippen molar-refractivity contribution in [1.82, 2.24) is 4.90 Å². The minimum Gasteiger partial charge on any atom is -0.339 e. The van der Waals surface area contributed by atoms with E-state index in [4.69, 9.17) is 11.6 Å². The molecule has 2 aromatic rings. The number of hydrogen-bond donors (Lipinski definition) is 1. The predicted octanol–water partition coefficient (Wildman–Crippen LogP) is 4.64. The summed E-state index contributed by atoms with van der Waals surface area (Å²) in [6, 6.07) is 7.60. The van der Waals surface area contributed by atoms with E-state index in [1.807, 2.05) is 0 Å². The van der Waals surface area contributed by atoms with E-state index >= 15 is 0 Å². The van der Waals surface area contributed by atoms with Gasteiger partial charge in [0.1, 0.15) is 0 Å². The minimum absolute atomic E-state index is 0.154. The van der Waals surface area contributed by atoms with Gasteiger partial charge in [0.15, 0.2) is 0 Å². The highest BCUT2D eigenvalue weighted by atomic mass is 35.5. The zero-order chi connectivity index (χ0) is 21.1. The van der Waals surface area contributed by atoms with Crippen molar-refractivity contribution in [2.45, 2.75) is 24.9 Å². The molecule has 0 radical (unpaired) electrons. The Morgan fingerprint density at radius 1 is 1.11 bits per heavy atom. The molecule has 0 aromatic heterocycles. The quantitative estimate of drug-likeness (QED) is 0.720. The Kier molecular flexibility index (Phi) is 6.61. The highest BCUT2D eigenvalue weighted by Gasteiger charge is 2.31. The molecule has 0 saturated heterocycles. The third kappa shape index (κ3) is 4.96. The molecule has 2 rings (SSSR count). The molecule has 10 heteroatoms. The first-order valence-electron chi connectivity index (χ1n) is 8.28. The second-order valence-corrected chi connectivity index (χ2v) is 7.89. The van der Waals surface area contributed by atoms with Crippen LogP contribution in [0.4, 0.5) is 18.9 Å². The van der Waals surface area contributed by atoms with E-state index in [0.29, 0.717) is 19.2 Å². The smallest absolute Gasteiger partial charge is 0.339 e. The predicted molar refractivity (Wildman–Crippen MR) is 101 cm³/mol. The Morgan fingerprint density at radius 2 is 1.75 bits per heavy atom. The van der Waals surface area contributed by atoms with Gasteiger partial charge in [-0.3, -0.25) is 9.52 Å². The number of carbonyl (C=O) groups is 1. The van der Waals surface area contributed by atoms with Gasteiger partial charge in [0.2, 0.25) is 0 Å². The summed E-state index contributed by atoms with van der Waals surface area (Å²) in [6.07, 6.45) is -4.65. The fourth-order valence-electron chi connectivity index (χ4n) is 2.47. The molecule has 0 aliphatic carbocycles. The highest BCUT2D eigenvalue weighted by molar-refractivity contribution is 7.92. The lowest BCUT2D eigenvalue weighted by molar-refractivity contribution is -0.137. The molecule has 0 spiro atoms. The largest absolute Gasteiger partial charge is 0.416 e. The lowest BCUT2D eigenvalue weighted by Gasteiger charge is -2.19. The van der Waals surface area contributed by atoms with Gasteiger partial charge in [-0.25, -0.2) is 8.42 Å². The van der Waals surface area contributed by atoms with Crippen LogP contribution in [-0.2, 0) is 16.2 Å². The Bertz CT molecular complexity index is 974. The summed E-state index contributed by atoms with van der Waals surface area (Å²) in [5, 5.41) is -0.188. The van der Waals surface area contributed by atoms with E-state index in [1.165, 1.54) is 29.2 Å². The molecular weight excluding hydrogens is 417 g/mol. The molecule has 28 heavy (non-hydrogen) atoms. The number of alkyl halides is 3. The number of halogens is 4. The zero-order valence-corrected chi connectivity index (χ0v) is 16.6. The van der Waals surface area contributed by atoms with Crippen LogP contribution in [-0.4, -0.2) is 32.3 Å². The van der Waals surface area contributed by atoms with Crippen LogP contribution in [0.15, 0.2) is 47.4 Å². The first-order valence-corrected chi connectivity index (χ1v) is 10.1. The van der Waals surface area contributed by atoms with Crippen LogP contribution >= 0.6 is 11.6 Å². The van der Waals surface area contributed by atoms with Gasteiger partial charge in [-0.1, -0.05) is 17.7 Å². The van der Waals surface area contributed by atoms with E-state index in [9.17, 15) is 26.4 Å². The number of sulfonamides is 1. The number of carbonyl (C=O) groups excluding carboxylic acids is 1. The molecule has 0 unspecified atom stereocenters. The first kappa shape index (κ1) is 22.0. The molecule has 0 saturated carbocycles. The second kappa shape index (κ2) is 8.40. The fraction of sp³-hybridized carbons (Fsp3) is 0.278. The first-order chi connectivity index (χ1) is 13.0. The summed E-state index contributed by atoms with van der Waals surface area (Å²) in [7, 11) is -4.27. The third-order valence-corrected chi connectivity index (χ3v) is 5.67. The SMILES string of the molecule is CCN(CC)C(=O)c1cccc(S(=O)(=O)Nc2cc(C(F)(F)F)ccc2Cl)c1. The molecule has 1 N–H and O–H groups in total.